The monoisotopic (exact) mass is 316 g/mol. The normalized spacial score (nSPS) is 59.0. The molecule has 0 aromatic rings. The van der Waals surface area contributed by atoms with Gasteiger partial charge in [-0.2, -0.15) is 0 Å². The van der Waals surface area contributed by atoms with Crippen LogP contribution in [0.3, 0.4) is 0 Å². The molecule has 8 aliphatic carbocycles. The molecule has 8 bridgehead atoms. The molecule has 0 atom stereocenters. The van der Waals surface area contributed by atoms with E-state index in [0.717, 1.165) is 35.5 Å². The fourth-order valence-corrected chi connectivity index (χ4v) is 8.70. The van der Waals surface area contributed by atoms with Crippen molar-refractivity contribution in [2.24, 2.45) is 35.5 Å². The average Bonchev–Trinajstić information content (AvgIpc) is 2.43. The highest BCUT2D eigenvalue weighted by atomic mass is 16.7. The molecule has 0 unspecified atom stereocenters. The van der Waals surface area contributed by atoms with Crippen molar-refractivity contribution in [1.29, 1.82) is 0 Å². The van der Waals surface area contributed by atoms with Gasteiger partial charge < -0.3 is 9.47 Å². The summed E-state index contributed by atoms with van der Waals surface area (Å²) in [7, 11) is 0. The molecule has 8 fully saturated rings. The summed E-state index contributed by atoms with van der Waals surface area (Å²) in [6.07, 6.45) is 17.0. The molecule has 0 saturated heterocycles. The number of rotatable bonds is 4. The Hall–Kier alpha value is -0.0800. The summed E-state index contributed by atoms with van der Waals surface area (Å²) in [5, 5.41) is 0. The van der Waals surface area contributed by atoms with Crippen molar-refractivity contribution in [2.75, 3.05) is 6.79 Å². The topological polar surface area (TPSA) is 18.5 Å². The SMILES string of the molecule is C(OC12CC3CC(CC(C3)C1)C2)OC12CC3CC(CC(C3)C1)C2. The van der Waals surface area contributed by atoms with E-state index in [1.54, 1.807) is 0 Å². The fraction of sp³-hybridized carbons (Fsp3) is 1.00. The van der Waals surface area contributed by atoms with Crippen molar-refractivity contribution >= 4 is 0 Å². The first-order chi connectivity index (χ1) is 11.2. The zero-order valence-corrected chi connectivity index (χ0v) is 14.5. The maximum absolute atomic E-state index is 6.56. The number of hydrogen-bond acceptors (Lipinski definition) is 2. The Kier molecular flexibility index (Phi) is 2.92. The smallest absolute Gasteiger partial charge is 0.148 e. The predicted octanol–water partition coefficient (Wildman–Crippen LogP) is 4.91. The van der Waals surface area contributed by atoms with Gasteiger partial charge in [-0.15, -0.1) is 0 Å². The van der Waals surface area contributed by atoms with Crippen LogP contribution in [0.2, 0.25) is 0 Å². The van der Waals surface area contributed by atoms with Gasteiger partial charge in [0.2, 0.25) is 0 Å². The second kappa shape index (κ2) is 4.75. The van der Waals surface area contributed by atoms with Crippen LogP contribution in [-0.4, -0.2) is 18.0 Å². The van der Waals surface area contributed by atoms with E-state index in [0.29, 0.717) is 6.79 Å². The molecule has 2 heteroatoms. The van der Waals surface area contributed by atoms with Gasteiger partial charge in [0.15, 0.2) is 0 Å². The number of hydrogen-bond donors (Lipinski definition) is 0. The lowest BCUT2D eigenvalue weighted by Crippen LogP contribution is -2.54. The molecule has 0 N–H and O–H groups in total. The maximum atomic E-state index is 6.56. The molecule has 2 nitrogen and oxygen atoms in total. The van der Waals surface area contributed by atoms with Gasteiger partial charge in [-0.05, 0) is 113 Å². The average molecular weight is 316 g/mol. The van der Waals surface area contributed by atoms with Gasteiger partial charge in [-0.25, -0.2) is 0 Å². The maximum Gasteiger partial charge on any atom is 0.148 e. The van der Waals surface area contributed by atoms with E-state index >= 15 is 0 Å². The third kappa shape index (κ3) is 2.27. The van der Waals surface area contributed by atoms with Crippen molar-refractivity contribution in [1.82, 2.24) is 0 Å². The second-order valence-electron chi connectivity index (χ2n) is 10.6. The quantitative estimate of drug-likeness (QED) is 0.686. The molecule has 0 aromatic carbocycles. The molecule has 0 heterocycles. The zero-order chi connectivity index (χ0) is 15.1. The van der Waals surface area contributed by atoms with Crippen LogP contribution >= 0.6 is 0 Å². The molecule has 0 amide bonds. The van der Waals surface area contributed by atoms with E-state index in [-0.39, 0.29) is 11.2 Å². The summed E-state index contributed by atoms with van der Waals surface area (Å²) >= 11 is 0. The van der Waals surface area contributed by atoms with E-state index < -0.39 is 0 Å². The summed E-state index contributed by atoms with van der Waals surface area (Å²) in [6, 6.07) is 0. The summed E-state index contributed by atoms with van der Waals surface area (Å²) in [6.45, 7) is 0.596. The van der Waals surface area contributed by atoms with Crippen molar-refractivity contribution in [2.45, 2.75) is 88.3 Å². The first kappa shape index (κ1) is 14.1. The van der Waals surface area contributed by atoms with E-state index in [1.807, 2.05) is 0 Å². The minimum atomic E-state index is 0.219. The van der Waals surface area contributed by atoms with Gasteiger partial charge >= 0.3 is 0 Å². The Bertz CT molecular complexity index is 382. The Labute approximate surface area is 140 Å². The Morgan fingerprint density at radius 1 is 0.478 bits per heavy atom. The van der Waals surface area contributed by atoms with Gasteiger partial charge in [-0.3, -0.25) is 0 Å². The van der Waals surface area contributed by atoms with Gasteiger partial charge in [0.25, 0.3) is 0 Å². The molecule has 8 rings (SSSR count). The van der Waals surface area contributed by atoms with Gasteiger partial charge in [0.1, 0.15) is 6.79 Å². The molecule has 0 aliphatic heterocycles. The van der Waals surface area contributed by atoms with Crippen molar-refractivity contribution < 1.29 is 9.47 Å². The van der Waals surface area contributed by atoms with E-state index in [1.165, 1.54) is 77.0 Å². The van der Waals surface area contributed by atoms with E-state index in [9.17, 15) is 0 Å². The van der Waals surface area contributed by atoms with Crippen LogP contribution < -0.4 is 0 Å². The molecule has 8 saturated carbocycles. The zero-order valence-electron chi connectivity index (χ0n) is 14.5. The van der Waals surface area contributed by atoms with Crippen molar-refractivity contribution in [3.63, 3.8) is 0 Å². The number of ether oxygens (including phenoxy) is 2. The standard InChI is InChI=1S/C21H32O2/c1-14-2-16-3-15(1)8-20(7-14,9-16)22-13-23-21-10-17-4-18(11-21)6-19(5-17)12-21/h14-19H,1-13H2. The van der Waals surface area contributed by atoms with Gasteiger partial charge in [-0.1, -0.05) is 0 Å². The van der Waals surface area contributed by atoms with Crippen molar-refractivity contribution in [3.8, 4) is 0 Å². The fourth-order valence-electron chi connectivity index (χ4n) is 8.70. The largest absolute Gasteiger partial charge is 0.349 e. The van der Waals surface area contributed by atoms with Crippen molar-refractivity contribution in [3.05, 3.63) is 0 Å². The summed E-state index contributed by atoms with van der Waals surface area (Å²) in [5.41, 5.74) is 0.439. The molecular weight excluding hydrogens is 284 g/mol. The first-order valence-corrected chi connectivity index (χ1v) is 10.5. The lowest BCUT2D eigenvalue weighted by Gasteiger charge is -2.58. The lowest BCUT2D eigenvalue weighted by molar-refractivity contribution is -0.260. The third-order valence-corrected chi connectivity index (χ3v) is 8.69. The summed E-state index contributed by atoms with van der Waals surface area (Å²) < 4.78 is 13.1. The molecule has 0 aromatic heterocycles. The molecule has 128 valence electrons. The minimum Gasteiger partial charge on any atom is -0.349 e. The van der Waals surface area contributed by atoms with Crippen LogP contribution in [0.25, 0.3) is 0 Å². The highest BCUT2D eigenvalue weighted by molar-refractivity contribution is 5.04. The molecule has 23 heavy (non-hydrogen) atoms. The highest BCUT2D eigenvalue weighted by Crippen LogP contribution is 2.59. The van der Waals surface area contributed by atoms with E-state index in [2.05, 4.69) is 0 Å². The minimum absolute atomic E-state index is 0.219. The molecule has 0 radical (unpaired) electrons. The van der Waals surface area contributed by atoms with Crippen LogP contribution in [-0.2, 0) is 9.47 Å². The lowest BCUT2D eigenvalue weighted by atomic mass is 9.54. The van der Waals surface area contributed by atoms with Gasteiger partial charge in [0, 0.05) is 0 Å². The van der Waals surface area contributed by atoms with Crippen LogP contribution in [0.5, 0.6) is 0 Å². The van der Waals surface area contributed by atoms with Crippen LogP contribution in [0.15, 0.2) is 0 Å². The van der Waals surface area contributed by atoms with Crippen LogP contribution in [0, 0.1) is 35.5 Å². The summed E-state index contributed by atoms with van der Waals surface area (Å²) in [4.78, 5) is 0. The van der Waals surface area contributed by atoms with Crippen LogP contribution in [0.1, 0.15) is 77.0 Å². The van der Waals surface area contributed by atoms with Crippen LogP contribution in [0.4, 0.5) is 0 Å². The Morgan fingerprint density at radius 2 is 0.739 bits per heavy atom. The Morgan fingerprint density at radius 3 is 1.00 bits per heavy atom. The second-order valence-corrected chi connectivity index (χ2v) is 10.6. The first-order valence-electron chi connectivity index (χ1n) is 10.5. The third-order valence-electron chi connectivity index (χ3n) is 8.69. The Balaban J connectivity index is 1.12. The highest BCUT2D eigenvalue weighted by Gasteiger charge is 2.54. The van der Waals surface area contributed by atoms with Gasteiger partial charge in [0.05, 0.1) is 11.2 Å². The summed E-state index contributed by atoms with van der Waals surface area (Å²) in [5.74, 6) is 5.84. The molecule has 8 aliphatic rings. The molecule has 0 spiro atoms. The predicted molar refractivity (Wildman–Crippen MR) is 88.8 cm³/mol. The van der Waals surface area contributed by atoms with E-state index in [4.69, 9.17) is 9.47 Å². The molecular formula is C21H32O2.